The van der Waals surface area contributed by atoms with Gasteiger partial charge in [-0.25, -0.2) is 18.9 Å². The van der Waals surface area contributed by atoms with Crippen LogP contribution in [0.15, 0.2) is 35.8 Å². The van der Waals surface area contributed by atoms with E-state index in [1.165, 1.54) is 23.5 Å². The summed E-state index contributed by atoms with van der Waals surface area (Å²) < 4.78 is 15.0. The Kier molecular flexibility index (Phi) is 7.80. The van der Waals surface area contributed by atoms with E-state index in [0.29, 0.717) is 43.3 Å². The number of aromatic nitrogens is 3. The van der Waals surface area contributed by atoms with Crippen LogP contribution in [0, 0.1) is 5.82 Å². The summed E-state index contributed by atoms with van der Waals surface area (Å²) in [6, 6.07) is 6.06. The quantitative estimate of drug-likeness (QED) is 0.491. The fourth-order valence-corrected chi connectivity index (χ4v) is 5.07. The molecule has 1 saturated heterocycles. The van der Waals surface area contributed by atoms with Crippen molar-refractivity contribution in [2.24, 2.45) is 0 Å². The second-order valence-corrected chi connectivity index (χ2v) is 9.51. The van der Waals surface area contributed by atoms with Gasteiger partial charge in [0.25, 0.3) is 5.91 Å². The molecule has 4 rings (SSSR count). The van der Waals surface area contributed by atoms with Crippen molar-refractivity contribution in [1.29, 1.82) is 0 Å². The Bertz CT molecular complexity index is 1180. The molecule has 0 saturated carbocycles. The fourth-order valence-electron chi connectivity index (χ4n) is 4.26. The molecule has 35 heavy (non-hydrogen) atoms. The number of nitrogens with zero attached hydrogens (tertiary/aromatic N) is 5. The molecule has 10 heteroatoms. The van der Waals surface area contributed by atoms with E-state index in [0.717, 1.165) is 29.8 Å². The molecule has 186 valence electrons. The number of nitrogens with one attached hydrogen (secondary N) is 1. The highest BCUT2D eigenvalue weighted by Crippen LogP contribution is 2.26. The van der Waals surface area contributed by atoms with Crippen molar-refractivity contribution in [1.82, 2.24) is 29.9 Å². The van der Waals surface area contributed by atoms with E-state index in [1.807, 2.05) is 19.2 Å². The van der Waals surface area contributed by atoms with Gasteiger partial charge in [0.15, 0.2) is 0 Å². The van der Waals surface area contributed by atoms with E-state index in [1.54, 1.807) is 32.8 Å². The van der Waals surface area contributed by atoms with Crippen LogP contribution in [-0.4, -0.2) is 68.7 Å². The van der Waals surface area contributed by atoms with Crippen molar-refractivity contribution in [3.63, 3.8) is 0 Å². The molecule has 1 atom stereocenters. The van der Waals surface area contributed by atoms with Gasteiger partial charge in [-0.15, -0.1) is 11.3 Å². The van der Waals surface area contributed by atoms with E-state index in [9.17, 15) is 14.0 Å². The number of rotatable bonds is 7. The monoisotopic (exact) mass is 498 g/mol. The zero-order chi connectivity index (χ0) is 24.9. The zero-order valence-corrected chi connectivity index (χ0v) is 21.1. The number of amides is 3. The van der Waals surface area contributed by atoms with Gasteiger partial charge >= 0.3 is 6.03 Å². The number of hydrogen-bond acceptors (Lipinski definition) is 5. The summed E-state index contributed by atoms with van der Waals surface area (Å²) in [7, 11) is 0. The first-order valence-corrected chi connectivity index (χ1v) is 12.9. The van der Waals surface area contributed by atoms with Crippen LogP contribution < -0.4 is 5.32 Å². The molecule has 0 bridgehead atoms. The molecule has 3 aromatic rings. The minimum Gasteiger partial charge on any atom is -0.338 e. The minimum atomic E-state index is -0.292. The van der Waals surface area contributed by atoms with Crippen LogP contribution >= 0.6 is 11.3 Å². The molecule has 2 aromatic heterocycles. The van der Waals surface area contributed by atoms with Gasteiger partial charge in [0, 0.05) is 43.2 Å². The molecule has 3 heterocycles. The lowest BCUT2D eigenvalue weighted by Crippen LogP contribution is -2.57. The van der Waals surface area contributed by atoms with Gasteiger partial charge in [0.1, 0.15) is 5.82 Å². The number of carbonyl (C=O) groups excluding carboxylic acids is 2. The van der Waals surface area contributed by atoms with E-state index < -0.39 is 0 Å². The summed E-state index contributed by atoms with van der Waals surface area (Å²) in [5.74, 6) is -0.374. The molecule has 3 amide bonds. The summed E-state index contributed by atoms with van der Waals surface area (Å²) in [4.78, 5) is 34.2. The lowest BCUT2D eigenvalue weighted by molar-refractivity contribution is 0.0578. The normalized spacial score (nSPS) is 15.9. The van der Waals surface area contributed by atoms with Crippen LogP contribution in [-0.2, 0) is 6.42 Å². The van der Waals surface area contributed by atoms with Gasteiger partial charge in [-0.1, -0.05) is 20.3 Å². The van der Waals surface area contributed by atoms with Gasteiger partial charge in [0.05, 0.1) is 23.1 Å². The van der Waals surface area contributed by atoms with Crippen LogP contribution in [0.4, 0.5) is 9.18 Å². The zero-order valence-electron chi connectivity index (χ0n) is 20.3. The number of piperazine rings is 1. The lowest BCUT2D eigenvalue weighted by Gasteiger charge is -2.39. The molecular formula is C25H31FN6O2S. The van der Waals surface area contributed by atoms with E-state index >= 15 is 0 Å². The average molecular weight is 499 g/mol. The molecule has 0 spiro atoms. The van der Waals surface area contributed by atoms with Crippen molar-refractivity contribution >= 4 is 23.3 Å². The summed E-state index contributed by atoms with van der Waals surface area (Å²) >= 11 is 1.42. The molecule has 1 aliphatic heterocycles. The number of thiazole rings is 1. The number of halogens is 1. The van der Waals surface area contributed by atoms with Crippen LogP contribution in [0.25, 0.3) is 16.4 Å². The maximum atomic E-state index is 13.4. The van der Waals surface area contributed by atoms with Crippen molar-refractivity contribution in [2.75, 3.05) is 26.2 Å². The fraction of sp³-hybridized carbons (Fsp3) is 0.440. The minimum absolute atomic E-state index is 0.0687. The molecule has 8 nitrogen and oxygen atoms in total. The maximum absolute atomic E-state index is 13.4. The highest BCUT2D eigenvalue weighted by atomic mass is 32.1. The number of carbonyl (C=O) groups is 2. The molecule has 1 aliphatic rings. The number of benzene rings is 1. The second-order valence-electron chi connectivity index (χ2n) is 8.67. The molecule has 1 aromatic carbocycles. The SMILES string of the molecule is CCCCNC(=O)N1CCN(C(=O)c2cnn(-c3nc(-c4ccc(F)cc4)cs3)c2CC)CC1C. The second kappa shape index (κ2) is 11.0. The maximum Gasteiger partial charge on any atom is 0.317 e. The van der Waals surface area contributed by atoms with E-state index in [4.69, 9.17) is 0 Å². The Morgan fingerprint density at radius 1 is 1.20 bits per heavy atom. The summed E-state index contributed by atoms with van der Waals surface area (Å²) in [6.45, 7) is 8.15. The van der Waals surface area contributed by atoms with Crippen LogP contribution in [0.2, 0.25) is 0 Å². The molecule has 1 N–H and O–H groups in total. The number of urea groups is 1. The van der Waals surface area contributed by atoms with E-state index in [2.05, 4.69) is 22.3 Å². The highest BCUT2D eigenvalue weighted by molar-refractivity contribution is 7.12. The van der Waals surface area contributed by atoms with Crippen LogP contribution in [0.1, 0.15) is 49.7 Å². The predicted octanol–water partition coefficient (Wildman–Crippen LogP) is 4.35. The summed E-state index contributed by atoms with van der Waals surface area (Å²) in [6.07, 6.45) is 4.20. The first kappa shape index (κ1) is 24.8. The first-order chi connectivity index (χ1) is 16.9. The van der Waals surface area contributed by atoms with Crippen molar-refractivity contribution in [3.8, 4) is 16.4 Å². The standard InChI is InChI=1S/C25H31FN6O2S/c1-4-6-11-27-24(34)31-13-12-30(15-17(31)3)23(33)20-14-28-32(22(20)5-2)25-29-21(16-35-25)18-7-9-19(26)10-8-18/h7-10,14,16-17H,4-6,11-13,15H2,1-3H3,(H,27,34). The van der Waals surface area contributed by atoms with Gasteiger partial charge in [-0.3, -0.25) is 4.79 Å². The molecule has 1 unspecified atom stereocenters. The first-order valence-electron chi connectivity index (χ1n) is 12.0. The third kappa shape index (κ3) is 5.37. The van der Waals surface area contributed by atoms with Crippen molar-refractivity contribution < 1.29 is 14.0 Å². The van der Waals surface area contributed by atoms with Gasteiger partial charge < -0.3 is 15.1 Å². The Labute approximate surface area is 208 Å². The Morgan fingerprint density at radius 2 is 1.97 bits per heavy atom. The Hall–Kier alpha value is -3.27. The van der Waals surface area contributed by atoms with Gasteiger partial charge in [-0.2, -0.15) is 5.10 Å². The smallest absolute Gasteiger partial charge is 0.317 e. The molecule has 0 aliphatic carbocycles. The predicted molar refractivity (Wildman–Crippen MR) is 134 cm³/mol. The van der Waals surface area contributed by atoms with Crippen molar-refractivity contribution in [3.05, 3.63) is 52.9 Å². The topological polar surface area (TPSA) is 83.4 Å². The van der Waals surface area contributed by atoms with Gasteiger partial charge in [0.2, 0.25) is 5.13 Å². The molecule has 1 fully saturated rings. The van der Waals surface area contributed by atoms with Crippen LogP contribution in [0.3, 0.4) is 0 Å². The van der Waals surface area contributed by atoms with Crippen molar-refractivity contribution in [2.45, 2.75) is 46.1 Å². The van der Waals surface area contributed by atoms with E-state index in [-0.39, 0.29) is 23.8 Å². The highest BCUT2D eigenvalue weighted by Gasteiger charge is 2.32. The number of unbranched alkanes of at least 4 members (excludes halogenated alkanes) is 1. The Balaban J connectivity index is 1.47. The van der Waals surface area contributed by atoms with Crippen LogP contribution in [0.5, 0.6) is 0 Å². The average Bonchev–Trinajstić information content (AvgIpc) is 3.51. The molecular weight excluding hydrogens is 467 g/mol. The third-order valence-electron chi connectivity index (χ3n) is 6.23. The summed E-state index contributed by atoms with van der Waals surface area (Å²) in [5.41, 5.74) is 2.90. The number of hydrogen-bond donors (Lipinski definition) is 1. The summed E-state index contributed by atoms with van der Waals surface area (Å²) in [5, 5.41) is 10.00. The molecule has 0 radical (unpaired) electrons. The lowest BCUT2D eigenvalue weighted by atomic mass is 10.1. The Morgan fingerprint density at radius 3 is 2.66 bits per heavy atom. The van der Waals surface area contributed by atoms with Gasteiger partial charge in [-0.05, 0) is 44.0 Å². The largest absolute Gasteiger partial charge is 0.338 e. The third-order valence-corrected chi connectivity index (χ3v) is 7.05.